The maximum Gasteiger partial charge on any atom is 0.315 e. The lowest BCUT2D eigenvalue weighted by atomic mass is 9.81. The fourth-order valence-electron chi connectivity index (χ4n) is 4.11. The molecular formula is C29H48N2O4S. The molecule has 0 saturated heterocycles. The first-order chi connectivity index (χ1) is 17.4. The number of phenols is 1. The highest BCUT2D eigenvalue weighted by Gasteiger charge is 2.16. The number of hydrogen-bond donors (Lipinski definition) is 3. The highest BCUT2D eigenvalue weighted by molar-refractivity contribution is 7.99. The van der Waals surface area contributed by atoms with Crippen molar-refractivity contribution in [3.05, 3.63) is 24.3 Å². The molecular weight excluding hydrogens is 472 g/mol. The van der Waals surface area contributed by atoms with Crippen molar-refractivity contribution in [2.45, 2.75) is 121 Å². The van der Waals surface area contributed by atoms with E-state index in [1.54, 1.807) is 24.3 Å². The third-order valence-corrected chi connectivity index (χ3v) is 7.62. The normalized spacial score (nSPS) is 12.8. The van der Waals surface area contributed by atoms with E-state index in [0.29, 0.717) is 5.75 Å². The van der Waals surface area contributed by atoms with Gasteiger partial charge in [-0.05, 0) is 30.2 Å². The average Bonchev–Trinajstić information content (AvgIpc) is 2.82. The van der Waals surface area contributed by atoms with Crippen LogP contribution in [0.2, 0.25) is 0 Å². The molecule has 0 bridgehead atoms. The van der Waals surface area contributed by atoms with Crippen LogP contribution < -0.4 is 11.1 Å². The van der Waals surface area contributed by atoms with Crippen LogP contribution in [-0.4, -0.2) is 28.6 Å². The van der Waals surface area contributed by atoms with E-state index < -0.39 is 17.7 Å². The van der Waals surface area contributed by atoms with Gasteiger partial charge >= 0.3 is 11.8 Å². The first kappa shape index (κ1) is 32.0. The minimum Gasteiger partial charge on any atom is -0.508 e. The maximum atomic E-state index is 11.2. The number of aromatic hydroxyl groups is 1. The van der Waals surface area contributed by atoms with Crippen molar-refractivity contribution in [2.75, 3.05) is 5.75 Å². The number of thioether (sulfide) groups is 1. The van der Waals surface area contributed by atoms with Crippen LogP contribution in [0.4, 0.5) is 0 Å². The van der Waals surface area contributed by atoms with E-state index in [-0.39, 0.29) is 12.2 Å². The van der Waals surface area contributed by atoms with E-state index >= 15 is 0 Å². The number of carbonyl (C=O) groups is 3. The van der Waals surface area contributed by atoms with Gasteiger partial charge in [-0.3, -0.25) is 19.7 Å². The Balaban J connectivity index is 0.000000360. The summed E-state index contributed by atoms with van der Waals surface area (Å²) < 4.78 is 0. The van der Waals surface area contributed by atoms with E-state index in [9.17, 15) is 14.4 Å². The molecule has 0 spiro atoms. The van der Waals surface area contributed by atoms with Crippen molar-refractivity contribution in [2.24, 2.45) is 11.7 Å². The monoisotopic (exact) mass is 520 g/mol. The molecule has 0 unspecified atom stereocenters. The topological polar surface area (TPSA) is 109 Å². The number of amides is 3. The number of primary amides is 1. The van der Waals surface area contributed by atoms with E-state index in [4.69, 9.17) is 5.11 Å². The molecule has 0 atom stereocenters. The number of nitrogens with two attached hydrogens (primary N) is 1. The molecule has 1 aromatic carbocycles. The maximum absolute atomic E-state index is 11.2. The van der Waals surface area contributed by atoms with Gasteiger partial charge in [0, 0.05) is 17.1 Å². The summed E-state index contributed by atoms with van der Waals surface area (Å²) in [5, 5.41) is 10.9. The average molecular weight is 521 g/mol. The Labute approximate surface area is 222 Å². The van der Waals surface area contributed by atoms with Gasteiger partial charge in [0.2, 0.25) is 5.91 Å². The van der Waals surface area contributed by atoms with Crippen molar-refractivity contribution < 1.29 is 19.5 Å². The minimum atomic E-state index is -1.19. The SMILES string of the molecule is CCCCCCCCCCCCCCC1CCC1.NC(=O)C(=O)NC(=O)CCSc1ccc(O)cc1. The molecule has 1 aromatic rings. The summed E-state index contributed by atoms with van der Waals surface area (Å²) in [5.41, 5.74) is 4.69. The number of rotatable bonds is 17. The Kier molecular flexibility index (Phi) is 18.8. The van der Waals surface area contributed by atoms with Crippen molar-refractivity contribution in [3.8, 4) is 5.75 Å². The molecule has 0 heterocycles. The Morgan fingerprint density at radius 2 is 1.42 bits per heavy atom. The summed E-state index contributed by atoms with van der Waals surface area (Å²) in [6, 6.07) is 6.51. The summed E-state index contributed by atoms with van der Waals surface area (Å²) in [6.07, 6.45) is 24.0. The smallest absolute Gasteiger partial charge is 0.315 e. The third-order valence-electron chi connectivity index (χ3n) is 6.60. The van der Waals surface area contributed by atoms with Crippen molar-refractivity contribution in [3.63, 3.8) is 0 Å². The second kappa shape index (κ2) is 21.1. The Morgan fingerprint density at radius 3 is 1.89 bits per heavy atom. The molecule has 7 heteroatoms. The summed E-state index contributed by atoms with van der Waals surface area (Å²) in [5.74, 6) is -1.09. The molecule has 1 aliphatic carbocycles. The first-order valence-electron chi connectivity index (χ1n) is 14.0. The number of imide groups is 1. The lowest BCUT2D eigenvalue weighted by Crippen LogP contribution is -2.39. The second-order valence-corrected chi connectivity index (χ2v) is 11.0. The fourth-order valence-corrected chi connectivity index (χ4v) is 4.96. The van der Waals surface area contributed by atoms with Crippen LogP contribution in [0.15, 0.2) is 29.2 Å². The van der Waals surface area contributed by atoms with E-state index in [0.717, 1.165) is 10.8 Å². The minimum absolute atomic E-state index is 0.0879. The quantitative estimate of drug-likeness (QED) is 0.118. The van der Waals surface area contributed by atoms with Crippen LogP contribution >= 0.6 is 11.8 Å². The van der Waals surface area contributed by atoms with Crippen LogP contribution in [0.5, 0.6) is 5.75 Å². The molecule has 204 valence electrons. The first-order valence-corrected chi connectivity index (χ1v) is 15.0. The van der Waals surface area contributed by atoms with Gasteiger partial charge in [-0.1, -0.05) is 110 Å². The number of unbranched alkanes of at least 4 members (excludes halogenated alkanes) is 11. The number of phenolic OH excluding ortho intramolecular Hbond substituents is 1. The van der Waals surface area contributed by atoms with E-state index in [2.05, 4.69) is 12.7 Å². The van der Waals surface area contributed by atoms with Gasteiger partial charge in [0.25, 0.3) is 0 Å². The van der Waals surface area contributed by atoms with Gasteiger partial charge < -0.3 is 10.8 Å². The Hall–Kier alpha value is -2.02. The van der Waals surface area contributed by atoms with Gasteiger partial charge in [0.05, 0.1) is 0 Å². The number of carbonyl (C=O) groups excluding carboxylic acids is 3. The Morgan fingerprint density at radius 1 is 0.889 bits per heavy atom. The third kappa shape index (κ3) is 17.4. The standard InChI is InChI=1S/C18H36.C11H12N2O4S/c1-2-3-4-5-6-7-8-9-10-11-12-13-15-18-16-14-17-18;12-10(16)11(17)13-9(15)5-6-18-8-3-1-7(14)2-4-8/h18H,2-17H2,1H3;1-4,14H,5-6H2,(H2,12,16)(H,13,15,17). The zero-order valence-electron chi connectivity index (χ0n) is 22.3. The number of hydrogen-bond acceptors (Lipinski definition) is 5. The summed E-state index contributed by atoms with van der Waals surface area (Å²) in [6.45, 7) is 2.30. The molecule has 6 nitrogen and oxygen atoms in total. The molecule has 1 fully saturated rings. The lowest BCUT2D eigenvalue weighted by Gasteiger charge is -2.24. The van der Waals surface area contributed by atoms with Crippen LogP contribution in [0, 0.1) is 5.92 Å². The van der Waals surface area contributed by atoms with Gasteiger partial charge in [-0.2, -0.15) is 0 Å². The zero-order valence-corrected chi connectivity index (χ0v) is 23.1. The molecule has 0 aromatic heterocycles. The molecule has 0 radical (unpaired) electrons. The van der Waals surface area contributed by atoms with Gasteiger partial charge in [-0.25, -0.2) is 0 Å². The molecule has 4 N–H and O–H groups in total. The van der Waals surface area contributed by atoms with E-state index in [1.165, 1.54) is 114 Å². The van der Waals surface area contributed by atoms with Crippen LogP contribution in [0.25, 0.3) is 0 Å². The molecule has 3 amide bonds. The molecule has 1 aliphatic rings. The molecule has 1 saturated carbocycles. The molecule has 2 rings (SSSR count). The van der Waals surface area contributed by atoms with Gasteiger partial charge in [0.1, 0.15) is 5.75 Å². The van der Waals surface area contributed by atoms with Crippen molar-refractivity contribution in [1.82, 2.24) is 5.32 Å². The van der Waals surface area contributed by atoms with Crippen LogP contribution in [0.3, 0.4) is 0 Å². The van der Waals surface area contributed by atoms with E-state index in [1.807, 2.05) is 5.32 Å². The number of benzene rings is 1. The van der Waals surface area contributed by atoms with Gasteiger partial charge in [0.15, 0.2) is 0 Å². The lowest BCUT2D eigenvalue weighted by molar-refractivity contribution is -0.140. The fraction of sp³-hybridized carbons (Fsp3) is 0.690. The van der Waals surface area contributed by atoms with Crippen molar-refractivity contribution >= 4 is 29.5 Å². The molecule has 0 aliphatic heterocycles. The molecule has 36 heavy (non-hydrogen) atoms. The zero-order chi connectivity index (χ0) is 26.4. The predicted molar refractivity (Wildman–Crippen MR) is 149 cm³/mol. The summed E-state index contributed by atoms with van der Waals surface area (Å²) in [4.78, 5) is 33.3. The van der Waals surface area contributed by atoms with Crippen LogP contribution in [0.1, 0.15) is 116 Å². The highest BCUT2D eigenvalue weighted by Crippen LogP contribution is 2.31. The van der Waals surface area contributed by atoms with Crippen molar-refractivity contribution in [1.29, 1.82) is 0 Å². The second-order valence-electron chi connectivity index (χ2n) is 9.81. The van der Waals surface area contributed by atoms with Gasteiger partial charge in [-0.15, -0.1) is 11.8 Å². The largest absolute Gasteiger partial charge is 0.508 e. The van der Waals surface area contributed by atoms with Crippen LogP contribution in [-0.2, 0) is 14.4 Å². The highest BCUT2D eigenvalue weighted by atomic mass is 32.2. The Bertz CT molecular complexity index is 735. The summed E-state index contributed by atoms with van der Waals surface area (Å²) in [7, 11) is 0. The number of nitrogens with one attached hydrogen (secondary N) is 1. The predicted octanol–water partition coefficient (Wildman–Crippen LogP) is 6.88. The summed E-state index contributed by atoms with van der Waals surface area (Å²) >= 11 is 1.39.